The van der Waals surface area contributed by atoms with E-state index in [2.05, 4.69) is 25.0 Å². The summed E-state index contributed by atoms with van der Waals surface area (Å²) in [5.74, 6) is -0.571. The third-order valence-corrected chi connectivity index (χ3v) is 3.91. The third-order valence-electron chi connectivity index (χ3n) is 3.11. The van der Waals surface area contributed by atoms with Crippen molar-refractivity contribution in [2.24, 2.45) is 0 Å². The second-order valence-electron chi connectivity index (χ2n) is 4.96. The lowest BCUT2D eigenvalue weighted by Crippen LogP contribution is -2.24. The Kier molecular flexibility index (Phi) is 7.47. The van der Waals surface area contributed by atoms with Crippen molar-refractivity contribution in [1.29, 1.82) is 0 Å². The summed E-state index contributed by atoms with van der Waals surface area (Å²) in [6, 6.07) is 1.69. The Hall–Kier alpha value is -3.68. The number of nitrogens with zero attached hydrogens (tertiary/aromatic N) is 4. The van der Waals surface area contributed by atoms with Crippen molar-refractivity contribution >= 4 is 35.6 Å². The lowest BCUT2D eigenvalue weighted by Gasteiger charge is -2.10. The highest BCUT2D eigenvalue weighted by Crippen LogP contribution is 2.23. The fourth-order valence-electron chi connectivity index (χ4n) is 1.87. The average Bonchev–Trinajstić information content (AvgIpc) is 2.71. The third kappa shape index (κ3) is 5.90. The number of carbonyl (C=O) groups excluding carboxylic acids is 2. The van der Waals surface area contributed by atoms with Crippen LogP contribution in [0.5, 0.6) is 11.8 Å². The van der Waals surface area contributed by atoms with Gasteiger partial charge in [-0.15, -0.1) is 0 Å². The van der Waals surface area contributed by atoms with Gasteiger partial charge in [-0.05, 0) is 6.92 Å². The van der Waals surface area contributed by atoms with Crippen molar-refractivity contribution in [2.75, 3.05) is 26.1 Å². The highest BCUT2D eigenvalue weighted by atomic mass is 32.2. The normalized spacial score (nSPS) is 10.0. The summed E-state index contributed by atoms with van der Waals surface area (Å²) in [6.45, 7) is 1.65. The fourth-order valence-corrected chi connectivity index (χ4v) is 2.47. The van der Waals surface area contributed by atoms with E-state index >= 15 is 0 Å². The molecule has 0 atom stereocenters. The summed E-state index contributed by atoms with van der Waals surface area (Å²) in [7, 11) is 2.78. The Balaban J connectivity index is 2.13. The van der Waals surface area contributed by atoms with Crippen LogP contribution in [-0.4, -0.2) is 52.7 Å². The number of urea groups is 1. The molecular formula is C15H16N6O7S. The molecule has 2 aromatic heterocycles. The molecule has 0 fully saturated rings. The number of esters is 1. The van der Waals surface area contributed by atoms with Crippen LogP contribution in [0.2, 0.25) is 0 Å². The molecule has 0 saturated heterocycles. The van der Waals surface area contributed by atoms with E-state index in [1.807, 2.05) is 0 Å². The Labute approximate surface area is 168 Å². The molecule has 2 rings (SSSR count). The number of aromatic nitrogens is 3. The van der Waals surface area contributed by atoms with E-state index in [9.17, 15) is 19.7 Å². The van der Waals surface area contributed by atoms with Gasteiger partial charge in [-0.1, -0.05) is 0 Å². The minimum atomic E-state index is -0.811. The quantitative estimate of drug-likeness (QED) is 0.274. The standard InChI is InChI=1S/C15H16N6O7S/c1-4-28-13(22)9-5-8(21(24)25)7-16-12(9)29-20-15(23)19-14-17-10(26-2)6-11(18-14)27-3/h5-7H,4H2,1-3H3,(H2,17,18,19,20,23). The largest absolute Gasteiger partial charge is 0.481 e. The fraction of sp³-hybridized carbons (Fsp3) is 0.267. The number of nitrogens with one attached hydrogen (secondary N) is 2. The second-order valence-corrected chi connectivity index (χ2v) is 5.75. The molecule has 0 radical (unpaired) electrons. The number of amides is 2. The van der Waals surface area contributed by atoms with Crippen LogP contribution in [0.1, 0.15) is 17.3 Å². The molecule has 2 N–H and O–H groups in total. The van der Waals surface area contributed by atoms with Gasteiger partial charge < -0.3 is 14.2 Å². The SMILES string of the molecule is CCOC(=O)c1cc([N+](=O)[O-])cnc1SNC(=O)Nc1nc(OC)cc(OC)n1. The molecule has 0 spiro atoms. The number of carbonyl (C=O) groups is 2. The van der Waals surface area contributed by atoms with E-state index < -0.39 is 22.6 Å². The highest BCUT2D eigenvalue weighted by molar-refractivity contribution is 7.98. The molecule has 0 bridgehead atoms. The van der Waals surface area contributed by atoms with Crippen LogP contribution in [-0.2, 0) is 4.74 Å². The summed E-state index contributed by atoms with van der Waals surface area (Å²) < 4.78 is 17.2. The van der Waals surface area contributed by atoms with Crippen molar-refractivity contribution in [3.05, 3.63) is 34.0 Å². The van der Waals surface area contributed by atoms with E-state index in [-0.39, 0.29) is 34.9 Å². The molecule has 13 nitrogen and oxygen atoms in total. The van der Waals surface area contributed by atoms with Crippen LogP contribution in [0.4, 0.5) is 16.4 Å². The monoisotopic (exact) mass is 424 g/mol. The molecule has 0 saturated carbocycles. The molecule has 14 heteroatoms. The van der Waals surface area contributed by atoms with Crippen molar-refractivity contribution in [3.8, 4) is 11.8 Å². The molecule has 0 aliphatic rings. The maximum absolute atomic E-state index is 12.1. The van der Waals surface area contributed by atoms with Gasteiger partial charge in [0, 0.05) is 18.0 Å². The van der Waals surface area contributed by atoms with Gasteiger partial charge in [0.2, 0.25) is 17.7 Å². The maximum atomic E-state index is 12.1. The van der Waals surface area contributed by atoms with Gasteiger partial charge in [0.05, 0.1) is 31.8 Å². The predicted molar refractivity (Wildman–Crippen MR) is 100.0 cm³/mol. The molecule has 2 aromatic rings. The van der Waals surface area contributed by atoms with Crippen LogP contribution < -0.4 is 19.5 Å². The number of ether oxygens (including phenoxy) is 3. The number of anilines is 1. The molecule has 0 unspecified atom stereocenters. The number of methoxy groups -OCH3 is 2. The van der Waals surface area contributed by atoms with E-state index in [0.717, 1.165) is 12.3 Å². The minimum absolute atomic E-state index is 0.00772. The minimum Gasteiger partial charge on any atom is -0.481 e. The van der Waals surface area contributed by atoms with Gasteiger partial charge in [-0.2, -0.15) is 9.97 Å². The lowest BCUT2D eigenvalue weighted by atomic mass is 10.2. The topological polar surface area (TPSA) is 168 Å². The first-order chi connectivity index (χ1) is 13.9. The Bertz CT molecular complexity index is 904. The summed E-state index contributed by atoms with van der Waals surface area (Å²) in [6.07, 6.45) is 0.959. The Morgan fingerprint density at radius 3 is 2.41 bits per heavy atom. The summed E-state index contributed by atoms with van der Waals surface area (Å²) in [5, 5.41) is 13.3. The molecule has 2 heterocycles. The van der Waals surface area contributed by atoms with E-state index in [0.29, 0.717) is 11.9 Å². The van der Waals surface area contributed by atoms with E-state index in [1.165, 1.54) is 20.3 Å². The second kappa shape index (κ2) is 10.0. The van der Waals surface area contributed by atoms with Crippen LogP contribution in [0, 0.1) is 10.1 Å². The first-order valence-corrected chi connectivity index (χ1v) is 8.72. The van der Waals surface area contributed by atoms with E-state index in [1.54, 1.807) is 6.92 Å². The summed E-state index contributed by atoms with van der Waals surface area (Å²) in [4.78, 5) is 46.1. The first kappa shape index (κ1) is 21.6. The zero-order valence-corrected chi connectivity index (χ0v) is 16.3. The van der Waals surface area contributed by atoms with Gasteiger partial charge in [-0.25, -0.2) is 14.6 Å². The smallest absolute Gasteiger partial charge is 0.341 e. The molecule has 2 amide bonds. The number of nitro groups is 1. The van der Waals surface area contributed by atoms with Crippen LogP contribution >= 0.6 is 11.9 Å². The molecule has 0 aromatic carbocycles. The molecule has 154 valence electrons. The molecular weight excluding hydrogens is 408 g/mol. The van der Waals surface area contributed by atoms with Crippen molar-refractivity contribution < 1.29 is 28.7 Å². The number of hydrogen-bond acceptors (Lipinski definition) is 11. The van der Waals surface area contributed by atoms with Gasteiger partial charge in [0.1, 0.15) is 16.8 Å². The number of pyridine rings is 1. The first-order valence-electron chi connectivity index (χ1n) is 7.90. The van der Waals surface area contributed by atoms with Crippen molar-refractivity contribution in [1.82, 2.24) is 19.7 Å². The molecule has 0 aliphatic heterocycles. The van der Waals surface area contributed by atoms with E-state index in [4.69, 9.17) is 14.2 Å². The van der Waals surface area contributed by atoms with Crippen LogP contribution in [0.25, 0.3) is 0 Å². The highest BCUT2D eigenvalue weighted by Gasteiger charge is 2.20. The summed E-state index contributed by atoms with van der Waals surface area (Å²) >= 11 is 0.654. The molecule has 0 aliphatic carbocycles. The maximum Gasteiger partial charge on any atom is 0.341 e. The van der Waals surface area contributed by atoms with Gasteiger partial charge in [0.25, 0.3) is 5.69 Å². The van der Waals surface area contributed by atoms with Crippen LogP contribution in [0.3, 0.4) is 0 Å². The van der Waals surface area contributed by atoms with Gasteiger partial charge in [-0.3, -0.25) is 20.2 Å². The van der Waals surface area contributed by atoms with Crippen LogP contribution in [0.15, 0.2) is 23.4 Å². The zero-order chi connectivity index (χ0) is 21.4. The van der Waals surface area contributed by atoms with Gasteiger partial charge >= 0.3 is 12.0 Å². The number of hydrogen-bond donors (Lipinski definition) is 2. The Morgan fingerprint density at radius 1 is 1.21 bits per heavy atom. The van der Waals surface area contributed by atoms with Crippen molar-refractivity contribution in [3.63, 3.8) is 0 Å². The lowest BCUT2D eigenvalue weighted by molar-refractivity contribution is -0.385. The Morgan fingerprint density at radius 2 is 1.86 bits per heavy atom. The average molecular weight is 424 g/mol. The number of rotatable bonds is 8. The predicted octanol–water partition coefficient (Wildman–Crippen LogP) is 1.80. The van der Waals surface area contributed by atoms with Gasteiger partial charge in [0.15, 0.2) is 0 Å². The summed E-state index contributed by atoms with van der Waals surface area (Å²) in [5.41, 5.74) is -0.552. The zero-order valence-electron chi connectivity index (χ0n) is 15.5. The van der Waals surface area contributed by atoms with Crippen molar-refractivity contribution in [2.45, 2.75) is 11.9 Å². The molecule has 29 heavy (non-hydrogen) atoms.